The SMILES string of the molecule is CC(C)(C)c1ccc(N2c3ccc4c(sc5ccccc54)c3B3c4c(cc5c(oc6ccccc65)c42)-c2cccc4c2N3c2ccccc2C4(c2ccccc2)c2ccccc2)c(-c2ccccc2)c1. The molecule has 0 spiro atoms. The number of nitrogens with zero attached hydrogens (tertiary/aromatic N) is 2. The Labute approximate surface area is 411 Å². The number of thiophene rings is 1. The van der Waals surface area contributed by atoms with Gasteiger partial charge in [0.1, 0.15) is 5.58 Å². The van der Waals surface area contributed by atoms with Crippen LogP contribution >= 0.6 is 11.3 Å². The lowest BCUT2D eigenvalue weighted by atomic mass is 9.42. The van der Waals surface area contributed by atoms with Crippen molar-refractivity contribution in [1.82, 2.24) is 0 Å². The van der Waals surface area contributed by atoms with Crippen LogP contribution in [0, 0.1) is 0 Å². The van der Waals surface area contributed by atoms with Gasteiger partial charge in [-0.25, -0.2) is 0 Å². The molecule has 2 aromatic heterocycles. The topological polar surface area (TPSA) is 19.6 Å². The smallest absolute Gasteiger partial charge is 0.334 e. The molecule has 0 unspecified atom stereocenters. The molecule has 5 heteroatoms. The van der Waals surface area contributed by atoms with Crippen molar-refractivity contribution in [2.45, 2.75) is 31.6 Å². The van der Waals surface area contributed by atoms with Crippen LogP contribution in [0.2, 0.25) is 0 Å². The Morgan fingerprint density at radius 1 is 0.471 bits per heavy atom. The zero-order valence-electron chi connectivity index (χ0n) is 39.1. The van der Waals surface area contributed by atoms with Crippen LogP contribution in [-0.4, -0.2) is 6.85 Å². The summed E-state index contributed by atoms with van der Waals surface area (Å²) < 4.78 is 9.90. The van der Waals surface area contributed by atoms with Gasteiger partial charge in [-0.2, -0.15) is 0 Å². The van der Waals surface area contributed by atoms with Crippen LogP contribution in [0.15, 0.2) is 223 Å². The van der Waals surface area contributed by atoms with E-state index in [0.29, 0.717) is 0 Å². The summed E-state index contributed by atoms with van der Waals surface area (Å²) >= 11 is 1.93. The molecule has 5 heterocycles. The molecule has 12 aromatic rings. The van der Waals surface area contributed by atoms with Gasteiger partial charge in [0.25, 0.3) is 0 Å². The first-order valence-corrected chi connectivity index (χ1v) is 25.3. The predicted molar refractivity (Wildman–Crippen MR) is 296 cm³/mol. The standard InChI is InChI=1S/C65H45BN2OS/c1-64(2,3)43-34-36-53(48(38-43)40-20-7-4-8-21-40)67-55-37-35-47-45-27-14-18-33-57(45)70-63(47)59(55)66-58-49(39-50-44-26-13-17-32-56(44)69-62(50)61(58)67)46-28-19-30-52-60(46)68(66)54-31-16-15-29-51(54)65(52,41-22-9-5-10-23-41)42-24-11-6-12-25-42/h4-39H,1-3H3. The second-order valence-electron chi connectivity index (χ2n) is 20.3. The minimum absolute atomic E-state index is 0.0636. The van der Waals surface area contributed by atoms with Crippen LogP contribution in [0.25, 0.3) is 64.4 Å². The highest BCUT2D eigenvalue weighted by atomic mass is 32.1. The Morgan fingerprint density at radius 2 is 1.13 bits per heavy atom. The average Bonchev–Trinajstić information content (AvgIpc) is 3.99. The first-order chi connectivity index (χ1) is 34.4. The lowest BCUT2D eigenvalue weighted by Gasteiger charge is -2.53. The van der Waals surface area contributed by atoms with Gasteiger partial charge in [0, 0.05) is 59.1 Å². The maximum atomic E-state index is 7.30. The molecule has 3 nitrogen and oxygen atoms in total. The molecule has 0 aliphatic carbocycles. The summed E-state index contributed by atoms with van der Waals surface area (Å²) in [6, 6.07) is 81.8. The normalized spacial score (nSPS) is 14.2. The van der Waals surface area contributed by atoms with Gasteiger partial charge < -0.3 is 14.1 Å². The van der Waals surface area contributed by atoms with Gasteiger partial charge in [-0.1, -0.05) is 197 Å². The highest BCUT2D eigenvalue weighted by Gasteiger charge is 2.54. The van der Waals surface area contributed by atoms with E-state index in [1.54, 1.807) is 0 Å². The third-order valence-electron chi connectivity index (χ3n) is 15.7. The first kappa shape index (κ1) is 39.8. The van der Waals surface area contributed by atoms with Gasteiger partial charge in [-0.3, -0.25) is 0 Å². The van der Waals surface area contributed by atoms with Gasteiger partial charge in [0.05, 0.1) is 16.8 Å². The maximum absolute atomic E-state index is 7.30. The molecule has 0 radical (unpaired) electrons. The highest BCUT2D eigenvalue weighted by molar-refractivity contribution is 7.27. The number of furan rings is 1. The first-order valence-electron chi connectivity index (χ1n) is 24.5. The Balaban J connectivity index is 1.16. The van der Waals surface area contributed by atoms with Gasteiger partial charge in [0.15, 0.2) is 5.58 Å². The van der Waals surface area contributed by atoms with Gasteiger partial charge in [-0.15, -0.1) is 11.3 Å². The molecule has 3 aliphatic heterocycles. The number of rotatable bonds is 4. The Bertz CT molecular complexity index is 4090. The highest BCUT2D eigenvalue weighted by Crippen LogP contribution is 2.61. The summed E-state index contributed by atoms with van der Waals surface area (Å²) in [6.07, 6.45) is 0. The van der Waals surface area contributed by atoms with E-state index in [0.717, 1.165) is 39.0 Å². The zero-order valence-corrected chi connectivity index (χ0v) is 39.9. The number of anilines is 5. The van der Waals surface area contributed by atoms with E-state index in [2.05, 4.69) is 249 Å². The molecule has 70 heavy (non-hydrogen) atoms. The fourth-order valence-electron chi connectivity index (χ4n) is 12.7. The zero-order chi connectivity index (χ0) is 46.5. The summed E-state index contributed by atoms with van der Waals surface area (Å²) in [5.41, 5.74) is 20.7. The third kappa shape index (κ3) is 5.25. The maximum Gasteiger partial charge on any atom is 0.334 e. The van der Waals surface area contributed by atoms with Crippen molar-refractivity contribution in [2.75, 3.05) is 9.71 Å². The lowest BCUT2D eigenvalue weighted by Crippen LogP contribution is -2.63. The molecule has 330 valence electrons. The largest absolute Gasteiger partial charge is 0.454 e. The van der Waals surface area contributed by atoms with E-state index in [9.17, 15) is 0 Å². The molecular formula is C65H45BN2OS. The van der Waals surface area contributed by atoms with Crippen molar-refractivity contribution < 1.29 is 4.42 Å². The fourth-order valence-corrected chi connectivity index (χ4v) is 13.9. The third-order valence-corrected chi connectivity index (χ3v) is 16.9. The summed E-state index contributed by atoms with van der Waals surface area (Å²) in [7, 11) is 0. The number of para-hydroxylation sites is 3. The van der Waals surface area contributed by atoms with E-state index >= 15 is 0 Å². The van der Waals surface area contributed by atoms with Crippen molar-refractivity contribution in [3.8, 4) is 22.3 Å². The minimum Gasteiger partial charge on any atom is -0.454 e. The van der Waals surface area contributed by atoms with Gasteiger partial charge in [-0.05, 0) is 97.7 Å². The van der Waals surface area contributed by atoms with Crippen molar-refractivity contribution in [3.05, 3.63) is 246 Å². The van der Waals surface area contributed by atoms with E-state index in [4.69, 9.17) is 4.42 Å². The quantitative estimate of drug-likeness (QED) is 0.164. The molecule has 0 atom stereocenters. The van der Waals surface area contributed by atoms with E-state index in [-0.39, 0.29) is 12.3 Å². The fraction of sp³-hybridized carbons (Fsp3) is 0.0769. The second kappa shape index (κ2) is 14.5. The van der Waals surface area contributed by atoms with Gasteiger partial charge >= 0.3 is 6.85 Å². The monoisotopic (exact) mass is 912 g/mol. The molecular weight excluding hydrogens is 868 g/mol. The van der Waals surface area contributed by atoms with Crippen LogP contribution in [0.3, 0.4) is 0 Å². The second-order valence-corrected chi connectivity index (χ2v) is 21.3. The molecule has 15 rings (SSSR count). The number of fused-ring (bicyclic) bond motifs is 14. The molecule has 0 bridgehead atoms. The van der Waals surface area contributed by atoms with Gasteiger partial charge in [0.2, 0.25) is 0 Å². The van der Waals surface area contributed by atoms with E-state index in [1.807, 2.05) is 11.3 Å². The van der Waals surface area contributed by atoms with Crippen LogP contribution in [0.5, 0.6) is 0 Å². The Hall–Kier alpha value is -8.12. The van der Waals surface area contributed by atoms with Crippen LogP contribution in [-0.2, 0) is 10.8 Å². The molecule has 10 aromatic carbocycles. The van der Waals surface area contributed by atoms with Crippen LogP contribution in [0.1, 0.15) is 48.6 Å². The number of hydrogen-bond acceptors (Lipinski definition) is 4. The van der Waals surface area contributed by atoms with Crippen LogP contribution in [0.4, 0.5) is 28.4 Å². The van der Waals surface area contributed by atoms with E-state index in [1.165, 1.54) is 92.5 Å². The van der Waals surface area contributed by atoms with Crippen molar-refractivity contribution in [3.63, 3.8) is 0 Å². The van der Waals surface area contributed by atoms with Crippen molar-refractivity contribution in [2.24, 2.45) is 0 Å². The summed E-state index contributed by atoms with van der Waals surface area (Å²) in [5, 5.41) is 4.81. The molecule has 0 fully saturated rings. The summed E-state index contributed by atoms with van der Waals surface area (Å²) in [4.78, 5) is 5.34. The van der Waals surface area contributed by atoms with Crippen molar-refractivity contribution in [1.29, 1.82) is 0 Å². The molecule has 0 N–H and O–H groups in total. The minimum atomic E-state index is -0.611. The predicted octanol–water partition coefficient (Wildman–Crippen LogP) is 16.3. The molecule has 0 saturated heterocycles. The molecule has 0 saturated carbocycles. The average molecular weight is 913 g/mol. The molecule has 0 amide bonds. The summed E-state index contributed by atoms with van der Waals surface area (Å²) in [6.45, 7) is 6.72. The van der Waals surface area contributed by atoms with Crippen molar-refractivity contribution >= 4 is 99.7 Å². The lowest BCUT2D eigenvalue weighted by molar-refractivity contribution is 0.590. The number of hydrogen-bond donors (Lipinski definition) is 0. The Kier molecular flexibility index (Phi) is 8.23. The Morgan fingerprint density at radius 3 is 1.90 bits per heavy atom. The van der Waals surface area contributed by atoms with Crippen LogP contribution < -0.4 is 20.6 Å². The molecule has 3 aliphatic rings. The van der Waals surface area contributed by atoms with E-state index < -0.39 is 5.41 Å². The summed E-state index contributed by atoms with van der Waals surface area (Å²) in [5.74, 6) is 0. The number of benzene rings is 10.